The molecule has 0 unspecified atom stereocenters. The Morgan fingerprint density at radius 1 is 0.929 bits per heavy atom. The number of anilines is 1. The summed E-state index contributed by atoms with van der Waals surface area (Å²) in [6.07, 6.45) is 0.144. The van der Waals surface area contributed by atoms with Crippen LogP contribution in [0.15, 0.2) is 89.4 Å². The maximum atomic E-state index is 12.2. The molecule has 0 fully saturated rings. The molecule has 0 spiro atoms. The van der Waals surface area contributed by atoms with E-state index in [2.05, 4.69) is 15.9 Å². The molecule has 2 atom stereocenters. The number of ether oxygens (including phenoxy) is 1. The standard InChI is InChI=1S/C23H22BrNO3/c1-28-22(26)16-21(17-8-4-2-5-9-17)23(18-12-14-19(24)15-13-18)25(27)20-10-6-3-7-11-20/h2-15,21,23,27H,16H2,1H3/t21-,23+/m1/s1. The fraction of sp³-hybridized carbons (Fsp3) is 0.174. The molecular formula is C23H22BrNO3. The molecule has 0 radical (unpaired) electrons. The van der Waals surface area contributed by atoms with Crippen LogP contribution < -0.4 is 5.06 Å². The zero-order valence-corrected chi connectivity index (χ0v) is 17.1. The zero-order chi connectivity index (χ0) is 19.9. The lowest BCUT2D eigenvalue weighted by molar-refractivity contribution is -0.141. The van der Waals surface area contributed by atoms with Gasteiger partial charge >= 0.3 is 5.97 Å². The fourth-order valence-corrected chi connectivity index (χ4v) is 3.58. The molecule has 144 valence electrons. The molecule has 3 aromatic carbocycles. The Bertz CT molecular complexity index is 885. The van der Waals surface area contributed by atoms with Crippen LogP contribution in [0.4, 0.5) is 5.69 Å². The highest BCUT2D eigenvalue weighted by Crippen LogP contribution is 2.40. The quantitative estimate of drug-likeness (QED) is 0.377. The smallest absolute Gasteiger partial charge is 0.306 e. The first-order valence-corrected chi connectivity index (χ1v) is 9.80. The van der Waals surface area contributed by atoms with E-state index in [4.69, 9.17) is 4.74 Å². The Morgan fingerprint density at radius 2 is 1.50 bits per heavy atom. The molecule has 0 amide bonds. The highest BCUT2D eigenvalue weighted by Gasteiger charge is 2.32. The normalized spacial score (nSPS) is 12.8. The van der Waals surface area contributed by atoms with Gasteiger partial charge in [-0.2, -0.15) is 0 Å². The lowest BCUT2D eigenvalue weighted by Gasteiger charge is -2.34. The monoisotopic (exact) mass is 439 g/mol. The highest BCUT2D eigenvalue weighted by molar-refractivity contribution is 9.10. The van der Waals surface area contributed by atoms with E-state index in [1.165, 1.54) is 12.2 Å². The van der Waals surface area contributed by atoms with Gasteiger partial charge in [0.2, 0.25) is 0 Å². The summed E-state index contributed by atoms with van der Waals surface area (Å²) < 4.78 is 5.89. The second-order valence-electron chi connectivity index (χ2n) is 6.47. The van der Waals surface area contributed by atoms with Gasteiger partial charge in [-0.3, -0.25) is 10.0 Å². The van der Waals surface area contributed by atoms with E-state index < -0.39 is 6.04 Å². The van der Waals surface area contributed by atoms with Crippen molar-refractivity contribution >= 4 is 27.6 Å². The van der Waals surface area contributed by atoms with Crippen LogP contribution in [-0.2, 0) is 9.53 Å². The van der Waals surface area contributed by atoms with Crippen molar-refractivity contribution in [2.24, 2.45) is 0 Å². The second-order valence-corrected chi connectivity index (χ2v) is 7.39. The predicted molar refractivity (Wildman–Crippen MR) is 113 cm³/mol. The van der Waals surface area contributed by atoms with Gasteiger partial charge in [0, 0.05) is 10.4 Å². The van der Waals surface area contributed by atoms with Crippen LogP contribution in [0.1, 0.15) is 29.5 Å². The van der Waals surface area contributed by atoms with Crippen molar-refractivity contribution in [2.75, 3.05) is 12.2 Å². The number of hydrogen-bond donors (Lipinski definition) is 1. The zero-order valence-electron chi connectivity index (χ0n) is 15.5. The summed E-state index contributed by atoms with van der Waals surface area (Å²) in [6, 6.07) is 26.3. The van der Waals surface area contributed by atoms with Crippen molar-refractivity contribution in [1.82, 2.24) is 0 Å². The van der Waals surface area contributed by atoms with Crippen molar-refractivity contribution in [3.05, 3.63) is 101 Å². The van der Waals surface area contributed by atoms with Gasteiger partial charge in [-0.25, -0.2) is 5.06 Å². The molecule has 3 rings (SSSR count). The number of para-hydroxylation sites is 1. The van der Waals surface area contributed by atoms with Crippen LogP contribution in [0.3, 0.4) is 0 Å². The van der Waals surface area contributed by atoms with Crippen molar-refractivity contribution in [3.8, 4) is 0 Å². The SMILES string of the molecule is COC(=O)C[C@H](c1ccccc1)[C@H](c1ccc(Br)cc1)N(O)c1ccccc1. The van der Waals surface area contributed by atoms with Gasteiger partial charge in [-0.1, -0.05) is 76.6 Å². The van der Waals surface area contributed by atoms with E-state index in [0.29, 0.717) is 5.69 Å². The van der Waals surface area contributed by atoms with Gasteiger partial charge in [-0.15, -0.1) is 0 Å². The number of benzene rings is 3. The first-order valence-electron chi connectivity index (χ1n) is 9.00. The molecule has 0 bridgehead atoms. The Kier molecular flexibility index (Phi) is 6.85. The number of carbonyl (C=O) groups is 1. The van der Waals surface area contributed by atoms with Crippen molar-refractivity contribution in [3.63, 3.8) is 0 Å². The molecule has 0 aliphatic heterocycles. The van der Waals surface area contributed by atoms with Crippen LogP contribution in [0, 0.1) is 0 Å². The third-order valence-corrected chi connectivity index (χ3v) is 5.25. The van der Waals surface area contributed by atoms with E-state index in [-0.39, 0.29) is 18.3 Å². The van der Waals surface area contributed by atoms with Gasteiger partial charge in [0.15, 0.2) is 0 Å². The number of esters is 1. The summed E-state index contributed by atoms with van der Waals surface area (Å²) in [5.41, 5.74) is 2.50. The van der Waals surface area contributed by atoms with Gasteiger partial charge in [0.05, 0.1) is 25.3 Å². The second kappa shape index (κ2) is 9.53. The minimum absolute atomic E-state index is 0.144. The molecule has 3 aromatic rings. The Morgan fingerprint density at radius 3 is 2.07 bits per heavy atom. The lowest BCUT2D eigenvalue weighted by Crippen LogP contribution is -2.31. The molecule has 0 aliphatic carbocycles. The van der Waals surface area contributed by atoms with E-state index >= 15 is 0 Å². The van der Waals surface area contributed by atoms with Crippen LogP contribution in [0.5, 0.6) is 0 Å². The molecule has 5 heteroatoms. The molecule has 28 heavy (non-hydrogen) atoms. The number of nitrogens with zero attached hydrogens (tertiary/aromatic N) is 1. The summed E-state index contributed by atoms with van der Waals surface area (Å²) in [7, 11) is 1.38. The Balaban J connectivity index is 2.10. The molecule has 0 aliphatic rings. The first-order chi connectivity index (χ1) is 13.6. The van der Waals surface area contributed by atoms with Gasteiger partial charge in [-0.05, 0) is 35.4 Å². The molecule has 0 saturated heterocycles. The number of hydroxylamine groups is 1. The average molecular weight is 440 g/mol. The number of hydrogen-bond acceptors (Lipinski definition) is 4. The van der Waals surface area contributed by atoms with E-state index in [0.717, 1.165) is 15.6 Å². The van der Waals surface area contributed by atoms with Gasteiger partial charge < -0.3 is 4.74 Å². The van der Waals surface area contributed by atoms with Crippen LogP contribution in [0.25, 0.3) is 0 Å². The topological polar surface area (TPSA) is 49.8 Å². The van der Waals surface area contributed by atoms with Gasteiger partial charge in [0.25, 0.3) is 0 Å². The maximum Gasteiger partial charge on any atom is 0.306 e. The number of halogens is 1. The Hall–Kier alpha value is -2.63. The minimum atomic E-state index is -0.475. The first kappa shape index (κ1) is 20.1. The van der Waals surface area contributed by atoms with E-state index in [1.54, 1.807) is 0 Å². The summed E-state index contributed by atoms with van der Waals surface area (Å²) in [4.78, 5) is 12.2. The minimum Gasteiger partial charge on any atom is -0.469 e. The molecule has 0 aromatic heterocycles. The van der Waals surface area contributed by atoms with Crippen LogP contribution >= 0.6 is 15.9 Å². The van der Waals surface area contributed by atoms with Crippen LogP contribution in [-0.4, -0.2) is 18.3 Å². The molecule has 1 N–H and O–H groups in total. The van der Waals surface area contributed by atoms with Crippen molar-refractivity contribution < 1.29 is 14.7 Å². The van der Waals surface area contributed by atoms with E-state index in [1.807, 2.05) is 84.9 Å². The highest BCUT2D eigenvalue weighted by atomic mass is 79.9. The van der Waals surface area contributed by atoms with Crippen LogP contribution in [0.2, 0.25) is 0 Å². The molecule has 0 heterocycles. The molecular weight excluding hydrogens is 418 g/mol. The fourth-order valence-electron chi connectivity index (χ4n) is 3.32. The molecule has 4 nitrogen and oxygen atoms in total. The van der Waals surface area contributed by atoms with Gasteiger partial charge in [0.1, 0.15) is 0 Å². The summed E-state index contributed by atoms with van der Waals surface area (Å²) >= 11 is 3.46. The number of methoxy groups -OCH3 is 1. The number of carbonyl (C=O) groups excluding carboxylic acids is 1. The summed E-state index contributed by atoms with van der Waals surface area (Å²) in [5, 5.41) is 12.4. The maximum absolute atomic E-state index is 12.2. The van der Waals surface area contributed by atoms with E-state index in [9.17, 15) is 10.0 Å². The van der Waals surface area contributed by atoms with Crippen molar-refractivity contribution in [1.29, 1.82) is 0 Å². The van der Waals surface area contributed by atoms with Crippen molar-refractivity contribution in [2.45, 2.75) is 18.4 Å². The predicted octanol–water partition coefficient (Wildman–Crippen LogP) is 5.73. The summed E-state index contributed by atoms with van der Waals surface area (Å²) in [5.74, 6) is -0.627. The third kappa shape index (κ3) is 4.80. The lowest BCUT2D eigenvalue weighted by atomic mass is 9.84. The average Bonchev–Trinajstić information content (AvgIpc) is 2.75. The molecule has 0 saturated carbocycles. The third-order valence-electron chi connectivity index (χ3n) is 4.72. The Labute approximate surface area is 173 Å². The summed E-state index contributed by atoms with van der Waals surface area (Å²) in [6.45, 7) is 0. The largest absolute Gasteiger partial charge is 0.469 e. The number of rotatable bonds is 7.